The summed E-state index contributed by atoms with van der Waals surface area (Å²) < 4.78 is 1.82. The number of aromatic nitrogens is 2. The van der Waals surface area contributed by atoms with Crippen molar-refractivity contribution in [1.29, 1.82) is 0 Å². The summed E-state index contributed by atoms with van der Waals surface area (Å²) >= 11 is 0. The number of rotatable bonds is 5. The Labute approximate surface area is 91.3 Å². The zero-order valence-electron chi connectivity index (χ0n) is 10.0. The van der Waals surface area contributed by atoms with Gasteiger partial charge in [0.1, 0.15) is 0 Å². The summed E-state index contributed by atoms with van der Waals surface area (Å²) in [4.78, 5) is 0. The molecule has 0 unspecified atom stereocenters. The molecule has 0 bridgehead atoms. The van der Waals surface area contributed by atoms with Crippen molar-refractivity contribution >= 4 is 0 Å². The van der Waals surface area contributed by atoms with Crippen LogP contribution in [0, 0.1) is 6.92 Å². The number of aliphatic hydroxyl groups is 1. The molecule has 0 aliphatic rings. The smallest absolute Gasteiger partial charge is 0.0638 e. The molecule has 0 saturated heterocycles. The first-order chi connectivity index (χ1) is 6.94. The quantitative estimate of drug-likeness (QED) is 0.763. The molecule has 86 valence electrons. The molecule has 1 rings (SSSR count). The third-order valence-electron chi connectivity index (χ3n) is 2.61. The molecule has 1 aromatic heterocycles. The van der Waals surface area contributed by atoms with Crippen LogP contribution in [-0.2, 0) is 13.6 Å². The average molecular weight is 211 g/mol. The van der Waals surface area contributed by atoms with E-state index in [1.807, 2.05) is 24.9 Å². The Kier molecular flexibility index (Phi) is 3.88. The van der Waals surface area contributed by atoms with Gasteiger partial charge >= 0.3 is 0 Å². The van der Waals surface area contributed by atoms with Gasteiger partial charge in [-0.2, -0.15) is 5.10 Å². The molecule has 0 aliphatic heterocycles. The maximum atomic E-state index is 8.90. The molecule has 4 nitrogen and oxygen atoms in total. The van der Waals surface area contributed by atoms with Gasteiger partial charge in [-0.05, 0) is 27.2 Å². The maximum absolute atomic E-state index is 8.90. The zero-order chi connectivity index (χ0) is 11.5. The van der Waals surface area contributed by atoms with E-state index >= 15 is 0 Å². The van der Waals surface area contributed by atoms with E-state index in [9.17, 15) is 0 Å². The van der Waals surface area contributed by atoms with Gasteiger partial charge in [0.15, 0.2) is 0 Å². The molecule has 0 atom stereocenters. The summed E-state index contributed by atoms with van der Waals surface area (Å²) in [6.45, 7) is 7.21. The van der Waals surface area contributed by atoms with E-state index in [2.05, 4.69) is 24.3 Å². The van der Waals surface area contributed by atoms with Gasteiger partial charge in [-0.1, -0.05) is 0 Å². The number of hydrogen-bond donors (Lipinski definition) is 2. The molecule has 0 aliphatic carbocycles. The highest BCUT2D eigenvalue weighted by Gasteiger charge is 2.16. The summed E-state index contributed by atoms with van der Waals surface area (Å²) in [5.74, 6) is 0. The van der Waals surface area contributed by atoms with E-state index in [1.54, 1.807) is 0 Å². The van der Waals surface area contributed by atoms with Crippen LogP contribution in [-0.4, -0.2) is 27.0 Å². The van der Waals surface area contributed by atoms with Crippen molar-refractivity contribution in [3.8, 4) is 0 Å². The van der Waals surface area contributed by atoms with Crippen molar-refractivity contribution < 1.29 is 5.11 Å². The van der Waals surface area contributed by atoms with Crippen LogP contribution < -0.4 is 5.32 Å². The van der Waals surface area contributed by atoms with Crippen molar-refractivity contribution in [3.05, 3.63) is 17.5 Å². The fraction of sp³-hybridized carbons (Fsp3) is 0.727. The minimum absolute atomic E-state index is 0.0307. The van der Waals surface area contributed by atoms with Crippen LogP contribution in [0.1, 0.15) is 31.5 Å². The van der Waals surface area contributed by atoms with Crippen molar-refractivity contribution in [2.75, 3.05) is 6.61 Å². The lowest BCUT2D eigenvalue weighted by Gasteiger charge is -2.25. The van der Waals surface area contributed by atoms with Gasteiger partial charge in [-0.3, -0.25) is 4.68 Å². The van der Waals surface area contributed by atoms with Crippen LogP contribution in [0.4, 0.5) is 0 Å². The molecule has 1 heterocycles. The topological polar surface area (TPSA) is 50.1 Å². The third kappa shape index (κ3) is 3.64. The molecular weight excluding hydrogens is 190 g/mol. The zero-order valence-corrected chi connectivity index (χ0v) is 10.0. The lowest BCUT2D eigenvalue weighted by molar-refractivity contribution is 0.230. The predicted molar refractivity (Wildman–Crippen MR) is 60.6 cm³/mol. The van der Waals surface area contributed by atoms with Gasteiger partial charge in [0, 0.05) is 37.5 Å². The highest BCUT2D eigenvalue weighted by molar-refractivity contribution is 5.15. The first-order valence-electron chi connectivity index (χ1n) is 5.29. The van der Waals surface area contributed by atoms with E-state index in [0.29, 0.717) is 0 Å². The fourth-order valence-corrected chi connectivity index (χ4v) is 1.52. The maximum Gasteiger partial charge on any atom is 0.0638 e. The molecule has 0 radical (unpaired) electrons. The summed E-state index contributed by atoms with van der Waals surface area (Å²) in [6.07, 6.45) is 2.78. The fourth-order valence-electron chi connectivity index (χ4n) is 1.52. The number of nitrogens with zero attached hydrogens (tertiary/aromatic N) is 2. The van der Waals surface area contributed by atoms with Crippen LogP contribution in [0.5, 0.6) is 0 Å². The molecule has 4 heteroatoms. The minimum Gasteiger partial charge on any atom is -0.396 e. The van der Waals surface area contributed by atoms with Crippen molar-refractivity contribution in [3.63, 3.8) is 0 Å². The van der Waals surface area contributed by atoms with E-state index in [0.717, 1.165) is 18.7 Å². The SMILES string of the molecule is Cc1nn(C)cc1CNC(C)(C)CCO. The van der Waals surface area contributed by atoms with E-state index < -0.39 is 0 Å². The lowest BCUT2D eigenvalue weighted by Crippen LogP contribution is -2.39. The van der Waals surface area contributed by atoms with Crippen molar-refractivity contribution in [2.45, 2.75) is 39.3 Å². The van der Waals surface area contributed by atoms with Gasteiger partial charge in [-0.25, -0.2) is 0 Å². The number of hydrogen-bond acceptors (Lipinski definition) is 3. The molecule has 0 fully saturated rings. The first-order valence-corrected chi connectivity index (χ1v) is 5.29. The highest BCUT2D eigenvalue weighted by atomic mass is 16.3. The Hall–Kier alpha value is -0.870. The lowest BCUT2D eigenvalue weighted by atomic mass is 10.0. The molecule has 2 N–H and O–H groups in total. The molecule has 0 amide bonds. The van der Waals surface area contributed by atoms with Gasteiger partial charge in [0.05, 0.1) is 5.69 Å². The van der Waals surface area contributed by atoms with Crippen LogP contribution in [0.15, 0.2) is 6.20 Å². The van der Waals surface area contributed by atoms with Crippen LogP contribution in [0.2, 0.25) is 0 Å². The second-order valence-electron chi connectivity index (χ2n) is 4.62. The Bertz CT molecular complexity index is 318. The second-order valence-corrected chi connectivity index (χ2v) is 4.62. The first kappa shape index (κ1) is 12.2. The van der Waals surface area contributed by atoms with Gasteiger partial charge in [-0.15, -0.1) is 0 Å². The molecule has 15 heavy (non-hydrogen) atoms. The molecule has 0 spiro atoms. The Morgan fingerprint density at radius 2 is 2.20 bits per heavy atom. The largest absolute Gasteiger partial charge is 0.396 e. The number of aliphatic hydroxyl groups excluding tert-OH is 1. The van der Waals surface area contributed by atoms with Crippen LogP contribution in [0.3, 0.4) is 0 Å². The molecule has 1 aromatic rings. The third-order valence-corrected chi connectivity index (χ3v) is 2.61. The number of nitrogens with one attached hydrogen (secondary N) is 1. The van der Waals surface area contributed by atoms with E-state index in [1.165, 1.54) is 5.56 Å². The number of aryl methyl sites for hydroxylation is 2. The highest BCUT2D eigenvalue weighted by Crippen LogP contribution is 2.10. The molecule has 0 aromatic carbocycles. The van der Waals surface area contributed by atoms with E-state index in [4.69, 9.17) is 5.11 Å². The van der Waals surface area contributed by atoms with Gasteiger partial charge in [0.25, 0.3) is 0 Å². The Morgan fingerprint density at radius 1 is 1.53 bits per heavy atom. The van der Waals surface area contributed by atoms with Crippen LogP contribution >= 0.6 is 0 Å². The standard InChI is InChI=1S/C11H21N3O/c1-9-10(8-14(4)13-9)7-12-11(2,3)5-6-15/h8,12,15H,5-7H2,1-4H3. The van der Waals surface area contributed by atoms with Gasteiger partial charge < -0.3 is 10.4 Å². The van der Waals surface area contributed by atoms with Crippen molar-refractivity contribution in [1.82, 2.24) is 15.1 Å². The molecular formula is C11H21N3O. The monoisotopic (exact) mass is 211 g/mol. The Balaban J connectivity index is 2.53. The van der Waals surface area contributed by atoms with Crippen molar-refractivity contribution in [2.24, 2.45) is 7.05 Å². The summed E-state index contributed by atoms with van der Waals surface area (Å²) in [6, 6.07) is 0. The second kappa shape index (κ2) is 4.77. The van der Waals surface area contributed by atoms with Gasteiger partial charge in [0.2, 0.25) is 0 Å². The predicted octanol–water partition coefficient (Wildman–Crippen LogP) is 0.979. The summed E-state index contributed by atoms with van der Waals surface area (Å²) in [5, 5.41) is 16.6. The summed E-state index contributed by atoms with van der Waals surface area (Å²) in [5.41, 5.74) is 2.24. The normalized spacial score (nSPS) is 12.1. The summed E-state index contributed by atoms with van der Waals surface area (Å²) in [7, 11) is 1.93. The average Bonchev–Trinajstić information content (AvgIpc) is 2.42. The van der Waals surface area contributed by atoms with Crippen LogP contribution in [0.25, 0.3) is 0 Å². The minimum atomic E-state index is -0.0307. The molecule has 0 saturated carbocycles. The Morgan fingerprint density at radius 3 is 2.67 bits per heavy atom. The van der Waals surface area contributed by atoms with E-state index in [-0.39, 0.29) is 12.1 Å².